The van der Waals surface area contributed by atoms with Crippen molar-refractivity contribution in [2.75, 3.05) is 6.54 Å². The molecule has 0 saturated carbocycles. The lowest BCUT2D eigenvalue weighted by molar-refractivity contribution is 0.367. The average molecular weight is 136 g/mol. The summed E-state index contributed by atoms with van der Waals surface area (Å²) in [6.45, 7) is 3.64. The van der Waals surface area contributed by atoms with Crippen LogP contribution in [0.15, 0.2) is 12.7 Å². The molecule has 8 heavy (non-hydrogen) atoms. The van der Waals surface area contributed by atoms with E-state index in [0.717, 1.165) is 4.78 Å². The molecule has 48 valence electrons. The Morgan fingerprint density at radius 2 is 2.25 bits per heavy atom. The maximum absolute atomic E-state index is 8.33. The molecule has 4 nitrogen and oxygen atoms in total. The Kier molecular flexibility index (Phi) is 3.95. The second kappa shape index (κ2) is 3.95. The van der Waals surface area contributed by atoms with Crippen molar-refractivity contribution in [1.82, 2.24) is 4.78 Å². The van der Waals surface area contributed by atoms with E-state index in [1.54, 1.807) is 0 Å². The number of nitrogens with two attached hydrogens (primary N) is 1. The normalized spacial score (nSPS) is 10.6. The molecule has 0 atom stereocenters. The molecule has 4 N–H and O–H groups in total. The van der Waals surface area contributed by atoms with Gasteiger partial charge in [0.15, 0.2) is 0 Å². The highest BCUT2D eigenvalue weighted by atomic mass is 31.2. The zero-order chi connectivity index (χ0) is 6.57. The third kappa shape index (κ3) is 3.07. The summed E-state index contributed by atoms with van der Waals surface area (Å²) in [4.78, 5) is 16.7. The number of hydrazine groups is 1. The quantitative estimate of drug-likeness (QED) is 0.213. The molecule has 0 fully saturated rings. The van der Waals surface area contributed by atoms with Crippen LogP contribution in [0, 0.1) is 0 Å². The Balaban J connectivity index is 3.30. The molecule has 0 aliphatic heterocycles. The van der Waals surface area contributed by atoms with Crippen LogP contribution < -0.4 is 5.84 Å². The van der Waals surface area contributed by atoms with Crippen LogP contribution in [0.4, 0.5) is 0 Å². The van der Waals surface area contributed by atoms with E-state index in [0.29, 0.717) is 6.54 Å². The van der Waals surface area contributed by atoms with E-state index < -0.39 is 8.53 Å². The summed E-state index contributed by atoms with van der Waals surface area (Å²) in [7, 11) is -2.13. The molecule has 0 radical (unpaired) electrons. The molecular weight excluding hydrogens is 127 g/mol. The highest BCUT2D eigenvalue weighted by Crippen LogP contribution is 2.24. The van der Waals surface area contributed by atoms with Crippen LogP contribution in [0.3, 0.4) is 0 Å². The molecule has 0 aromatic carbocycles. The van der Waals surface area contributed by atoms with E-state index in [9.17, 15) is 0 Å². The first-order valence-corrected chi connectivity index (χ1v) is 3.19. The second-order valence-corrected chi connectivity index (χ2v) is 2.23. The minimum Gasteiger partial charge on any atom is -0.337 e. The molecular formula is C3H9N2O2P. The molecule has 0 aromatic heterocycles. The number of rotatable bonds is 3. The van der Waals surface area contributed by atoms with Gasteiger partial charge in [-0.1, -0.05) is 6.08 Å². The lowest BCUT2D eigenvalue weighted by atomic mass is 10.7. The molecule has 0 unspecified atom stereocenters. The molecule has 0 aliphatic rings. The molecule has 5 heteroatoms. The first-order valence-electron chi connectivity index (χ1n) is 1.99. The van der Waals surface area contributed by atoms with E-state index in [1.807, 2.05) is 0 Å². The first-order chi connectivity index (χ1) is 3.68. The van der Waals surface area contributed by atoms with Crippen molar-refractivity contribution in [3.8, 4) is 0 Å². The summed E-state index contributed by atoms with van der Waals surface area (Å²) < 4.78 is 0.905. The van der Waals surface area contributed by atoms with Gasteiger partial charge in [-0.15, -0.1) is 6.58 Å². The van der Waals surface area contributed by atoms with E-state index in [-0.39, 0.29) is 0 Å². The summed E-state index contributed by atoms with van der Waals surface area (Å²) >= 11 is 0. The van der Waals surface area contributed by atoms with E-state index in [2.05, 4.69) is 6.58 Å². The maximum atomic E-state index is 8.33. The largest absolute Gasteiger partial charge is 0.337 e. The number of hydrogen-bond acceptors (Lipinski definition) is 4. The highest BCUT2D eigenvalue weighted by molar-refractivity contribution is 7.42. The van der Waals surface area contributed by atoms with Crippen LogP contribution in [0.1, 0.15) is 0 Å². The maximum Gasteiger partial charge on any atom is 0.267 e. The monoisotopic (exact) mass is 136 g/mol. The van der Waals surface area contributed by atoms with Crippen LogP contribution in [0.2, 0.25) is 0 Å². The van der Waals surface area contributed by atoms with Crippen molar-refractivity contribution in [3.05, 3.63) is 12.7 Å². The molecule has 0 rings (SSSR count). The van der Waals surface area contributed by atoms with Gasteiger partial charge in [0.05, 0.1) is 0 Å². The highest BCUT2D eigenvalue weighted by Gasteiger charge is 2.04. The minimum absolute atomic E-state index is 0.290. The Labute approximate surface area is 49.2 Å². The van der Waals surface area contributed by atoms with Gasteiger partial charge in [-0.05, 0) is 0 Å². The predicted molar refractivity (Wildman–Crippen MR) is 32.4 cm³/mol. The van der Waals surface area contributed by atoms with E-state index in [4.69, 9.17) is 15.6 Å². The van der Waals surface area contributed by atoms with Crippen LogP contribution >= 0.6 is 8.53 Å². The van der Waals surface area contributed by atoms with Crippen LogP contribution in [-0.4, -0.2) is 21.1 Å². The topological polar surface area (TPSA) is 69.7 Å². The van der Waals surface area contributed by atoms with E-state index in [1.165, 1.54) is 6.08 Å². The van der Waals surface area contributed by atoms with E-state index >= 15 is 0 Å². The SMILES string of the molecule is C=CCN(N)P(O)O. The molecule has 0 bridgehead atoms. The summed E-state index contributed by atoms with van der Waals surface area (Å²) in [6, 6.07) is 0. The molecule has 0 spiro atoms. The molecule has 0 aliphatic carbocycles. The summed E-state index contributed by atoms with van der Waals surface area (Å²) in [5.41, 5.74) is 0. The lowest BCUT2D eigenvalue weighted by Gasteiger charge is -2.12. The van der Waals surface area contributed by atoms with Gasteiger partial charge in [0.2, 0.25) is 0 Å². The molecule has 0 heterocycles. The summed E-state index contributed by atoms with van der Waals surface area (Å²) in [6.07, 6.45) is 1.49. The van der Waals surface area contributed by atoms with Crippen molar-refractivity contribution in [2.45, 2.75) is 0 Å². The third-order valence-electron chi connectivity index (χ3n) is 0.546. The summed E-state index contributed by atoms with van der Waals surface area (Å²) in [5, 5.41) is 0. The number of hydrogen-bond donors (Lipinski definition) is 3. The summed E-state index contributed by atoms with van der Waals surface area (Å²) in [5.74, 6) is 5.02. The van der Waals surface area contributed by atoms with Gasteiger partial charge in [-0.2, -0.15) is 4.78 Å². The molecule has 0 aromatic rings. The Morgan fingerprint density at radius 1 is 1.75 bits per heavy atom. The van der Waals surface area contributed by atoms with Crippen molar-refractivity contribution in [1.29, 1.82) is 0 Å². The third-order valence-corrected chi connectivity index (χ3v) is 1.17. The van der Waals surface area contributed by atoms with Gasteiger partial charge in [0.25, 0.3) is 8.53 Å². The van der Waals surface area contributed by atoms with Crippen LogP contribution in [0.25, 0.3) is 0 Å². The minimum atomic E-state index is -2.13. The zero-order valence-corrected chi connectivity index (χ0v) is 5.25. The van der Waals surface area contributed by atoms with Crippen molar-refractivity contribution >= 4 is 8.53 Å². The molecule has 0 saturated heterocycles. The van der Waals surface area contributed by atoms with Gasteiger partial charge in [-0.25, -0.2) is 0 Å². The fourth-order valence-corrected chi connectivity index (χ4v) is 0.467. The lowest BCUT2D eigenvalue weighted by Crippen LogP contribution is -2.24. The van der Waals surface area contributed by atoms with Gasteiger partial charge in [0.1, 0.15) is 0 Å². The zero-order valence-electron chi connectivity index (χ0n) is 4.36. The number of nitrogens with zero attached hydrogens (tertiary/aromatic N) is 1. The van der Waals surface area contributed by atoms with Gasteiger partial charge in [-0.3, -0.25) is 5.84 Å². The Hall–Kier alpha value is 0.0100. The smallest absolute Gasteiger partial charge is 0.267 e. The fourth-order valence-electron chi connectivity index (χ4n) is 0.205. The van der Waals surface area contributed by atoms with Gasteiger partial charge >= 0.3 is 0 Å². The molecule has 0 amide bonds. The Bertz CT molecular complexity index is 77.7. The standard InChI is InChI=1S/C3H9N2O2P/c1-2-3-5(4)8(6)7/h2,6-7H,1,3-4H2. The van der Waals surface area contributed by atoms with Crippen molar-refractivity contribution in [2.24, 2.45) is 5.84 Å². The van der Waals surface area contributed by atoms with Crippen molar-refractivity contribution in [3.63, 3.8) is 0 Å². The van der Waals surface area contributed by atoms with Crippen LogP contribution in [0.5, 0.6) is 0 Å². The fraction of sp³-hybridized carbons (Fsp3) is 0.333. The predicted octanol–water partition coefficient (Wildman–Crippen LogP) is -0.440. The van der Waals surface area contributed by atoms with Gasteiger partial charge in [0, 0.05) is 6.54 Å². The Morgan fingerprint density at radius 3 is 2.38 bits per heavy atom. The first kappa shape index (κ1) is 8.01. The van der Waals surface area contributed by atoms with Crippen LogP contribution in [-0.2, 0) is 0 Å². The van der Waals surface area contributed by atoms with Gasteiger partial charge < -0.3 is 9.79 Å². The average Bonchev–Trinajstić information content (AvgIpc) is 1.67. The van der Waals surface area contributed by atoms with Crippen molar-refractivity contribution < 1.29 is 9.79 Å². The second-order valence-electron chi connectivity index (χ2n) is 1.18.